The normalized spacial score (nSPS) is 13.4. The molecule has 0 rings (SSSR count). The molecule has 0 aliphatic heterocycles. The number of ether oxygens (including phenoxy) is 2. The van der Waals surface area contributed by atoms with Gasteiger partial charge in [0.2, 0.25) is 0 Å². The van der Waals surface area contributed by atoms with Crippen LogP contribution in [0.3, 0.4) is 0 Å². The molecule has 5 heteroatoms. The predicted octanol–water partition coefficient (Wildman–Crippen LogP) is 12.3. The number of allylic oxidation sites excluding steroid dienone is 18. The average Bonchev–Trinajstić information content (AvgIpc) is 3.12. The molecule has 0 aromatic rings. The predicted molar refractivity (Wildman–Crippen MR) is 214 cm³/mol. The van der Waals surface area contributed by atoms with Gasteiger partial charge in [0.05, 0.1) is 6.61 Å². The fourth-order valence-electron chi connectivity index (χ4n) is 4.59. The number of hydrogen-bond donors (Lipinski definition) is 1. The SMILES string of the molecule is CCCCC/C=C\C/C=C\C/C=C\C/C=C\C/C=C\CCC(=O)OC[C@H](CO)OC(=O)CCC/C=C\C/C=C\C/C=C\C/C=C\CCCCC. The van der Waals surface area contributed by atoms with Crippen molar-refractivity contribution >= 4 is 11.9 Å². The second-order valence-electron chi connectivity index (χ2n) is 12.3. The molecule has 0 bridgehead atoms. The molecule has 0 aliphatic carbocycles. The van der Waals surface area contributed by atoms with Crippen LogP contribution in [0.5, 0.6) is 0 Å². The highest BCUT2D eigenvalue weighted by Gasteiger charge is 2.15. The van der Waals surface area contributed by atoms with Gasteiger partial charge in [-0.1, -0.05) is 149 Å². The summed E-state index contributed by atoms with van der Waals surface area (Å²) in [5.74, 6) is -0.766. The molecule has 0 aromatic heterocycles. The summed E-state index contributed by atoms with van der Waals surface area (Å²) < 4.78 is 10.5. The van der Waals surface area contributed by atoms with Gasteiger partial charge in [0.25, 0.3) is 0 Å². The number of rotatable bonds is 33. The van der Waals surface area contributed by atoms with Crippen molar-refractivity contribution in [2.75, 3.05) is 13.2 Å². The Labute approximate surface area is 306 Å². The molecule has 0 spiro atoms. The topological polar surface area (TPSA) is 72.8 Å². The van der Waals surface area contributed by atoms with Gasteiger partial charge in [0.1, 0.15) is 6.61 Å². The van der Waals surface area contributed by atoms with Crippen LogP contribution in [0.15, 0.2) is 109 Å². The monoisotopic (exact) mass is 691 g/mol. The molecule has 0 heterocycles. The van der Waals surface area contributed by atoms with Crippen molar-refractivity contribution in [3.05, 3.63) is 109 Å². The summed E-state index contributed by atoms with van der Waals surface area (Å²) in [7, 11) is 0. The van der Waals surface area contributed by atoms with Gasteiger partial charge in [-0.05, 0) is 89.9 Å². The number of esters is 2. The zero-order valence-corrected chi connectivity index (χ0v) is 31.6. The Balaban J connectivity index is 3.83. The molecule has 1 atom stereocenters. The van der Waals surface area contributed by atoms with Crippen LogP contribution in [0, 0.1) is 0 Å². The molecule has 5 nitrogen and oxygen atoms in total. The molecule has 280 valence electrons. The maximum atomic E-state index is 12.1. The van der Waals surface area contributed by atoms with Gasteiger partial charge >= 0.3 is 11.9 Å². The van der Waals surface area contributed by atoms with Crippen molar-refractivity contribution in [3.63, 3.8) is 0 Å². The lowest BCUT2D eigenvalue weighted by Crippen LogP contribution is -2.28. The van der Waals surface area contributed by atoms with Gasteiger partial charge < -0.3 is 14.6 Å². The van der Waals surface area contributed by atoms with Crippen molar-refractivity contribution < 1.29 is 24.2 Å². The Kier molecular flexibility index (Phi) is 37.2. The van der Waals surface area contributed by atoms with Crippen molar-refractivity contribution in [2.45, 2.75) is 148 Å². The summed E-state index contributed by atoms with van der Waals surface area (Å²) in [6, 6.07) is 0. The zero-order chi connectivity index (χ0) is 36.4. The lowest BCUT2D eigenvalue weighted by Gasteiger charge is -2.15. The van der Waals surface area contributed by atoms with Gasteiger partial charge in [-0.15, -0.1) is 0 Å². The lowest BCUT2D eigenvalue weighted by molar-refractivity contribution is -0.161. The molecular weight excluding hydrogens is 620 g/mol. The van der Waals surface area contributed by atoms with Gasteiger partial charge in [-0.25, -0.2) is 0 Å². The Morgan fingerprint density at radius 2 is 0.820 bits per heavy atom. The standard InChI is InChI=1S/C45H70O5/c1-3-5-7-9-11-13-15-17-19-21-22-24-25-27-29-31-33-35-37-39-44(47)49-42-43(41-46)50-45(48)40-38-36-34-32-30-28-26-23-20-18-16-14-12-10-8-6-4-2/h11-14,17-20,22,24,26-29,32-35,43,46H,3-10,15-16,21,23,25,30-31,36-42H2,1-2H3/b13-11-,14-12-,19-17-,20-18-,24-22-,28-26-,29-27-,34-32-,35-33-/t43-/m0/s1. The summed E-state index contributed by atoms with van der Waals surface area (Å²) in [4.78, 5) is 24.2. The van der Waals surface area contributed by atoms with Crippen LogP contribution in [0.4, 0.5) is 0 Å². The van der Waals surface area contributed by atoms with E-state index < -0.39 is 12.1 Å². The number of aliphatic hydroxyl groups is 1. The first-order valence-corrected chi connectivity index (χ1v) is 19.4. The molecule has 0 amide bonds. The van der Waals surface area contributed by atoms with Crippen molar-refractivity contribution in [1.29, 1.82) is 0 Å². The number of unbranched alkanes of at least 4 members (excludes halogenated alkanes) is 7. The van der Waals surface area contributed by atoms with Crippen molar-refractivity contribution in [1.82, 2.24) is 0 Å². The number of carbonyl (C=O) groups excluding carboxylic acids is 2. The summed E-state index contributed by atoms with van der Waals surface area (Å²) in [6.45, 7) is 3.94. The van der Waals surface area contributed by atoms with Crippen molar-refractivity contribution in [3.8, 4) is 0 Å². The van der Waals surface area contributed by atoms with E-state index in [1.54, 1.807) is 0 Å². The number of carbonyl (C=O) groups is 2. The van der Waals surface area contributed by atoms with Gasteiger partial charge in [0.15, 0.2) is 6.10 Å². The van der Waals surface area contributed by atoms with Crippen LogP contribution in [-0.2, 0) is 19.1 Å². The Hall–Kier alpha value is -3.44. The van der Waals surface area contributed by atoms with Crippen LogP contribution in [-0.4, -0.2) is 36.4 Å². The molecule has 0 radical (unpaired) electrons. The smallest absolute Gasteiger partial charge is 0.306 e. The summed E-state index contributed by atoms with van der Waals surface area (Å²) in [5.41, 5.74) is 0. The summed E-state index contributed by atoms with van der Waals surface area (Å²) in [5, 5.41) is 9.53. The largest absolute Gasteiger partial charge is 0.462 e. The summed E-state index contributed by atoms with van der Waals surface area (Å²) in [6.07, 6.45) is 57.3. The summed E-state index contributed by atoms with van der Waals surface area (Å²) >= 11 is 0. The highest BCUT2D eigenvalue weighted by atomic mass is 16.6. The minimum absolute atomic E-state index is 0.135. The molecule has 0 fully saturated rings. The third kappa shape index (κ3) is 37.4. The molecular formula is C45H70O5. The van der Waals surface area contributed by atoms with Crippen LogP contribution in [0.2, 0.25) is 0 Å². The fraction of sp³-hybridized carbons (Fsp3) is 0.556. The first-order chi connectivity index (χ1) is 24.6. The van der Waals surface area contributed by atoms with Crippen LogP contribution in [0.25, 0.3) is 0 Å². The van der Waals surface area contributed by atoms with Crippen molar-refractivity contribution in [2.24, 2.45) is 0 Å². The van der Waals surface area contributed by atoms with E-state index in [1.807, 2.05) is 12.2 Å². The van der Waals surface area contributed by atoms with E-state index in [2.05, 4.69) is 111 Å². The van der Waals surface area contributed by atoms with E-state index in [4.69, 9.17) is 9.47 Å². The third-order valence-corrected chi connectivity index (χ3v) is 7.55. The number of hydrogen-bond acceptors (Lipinski definition) is 5. The molecule has 50 heavy (non-hydrogen) atoms. The van der Waals surface area contributed by atoms with Crippen LogP contribution < -0.4 is 0 Å². The molecule has 1 N–H and O–H groups in total. The Morgan fingerprint density at radius 3 is 1.20 bits per heavy atom. The van der Waals surface area contributed by atoms with E-state index in [9.17, 15) is 14.7 Å². The number of aliphatic hydroxyl groups excluding tert-OH is 1. The fourth-order valence-corrected chi connectivity index (χ4v) is 4.59. The van der Waals surface area contributed by atoms with E-state index >= 15 is 0 Å². The minimum Gasteiger partial charge on any atom is -0.462 e. The Morgan fingerprint density at radius 1 is 0.460 bits per heavy atom. The third-order valence-electron chi connectivity index (χ3n) is 7.55. The zero-order valence-electron chi connectivity index (χ0n) is 31.6. The van der Waals surface area contributed by atoms with E-state index in [1.165, 1.54) is 51.4 Å². The maximum Gasteiger partial charge on any atom is 0.306 e. The quantitative estimate of drug-likeness (QED) is 0.0421. The van der Waals surface area contributed by atoms with Gasteiger partial charge in [-0.3, -0.25) is 9.59 Å². The first-order valence-electron chi connectivity index (χ1n) is 19.4. The average molecular weight is 691 g/mol. The second kappa shape index (κ2) is 40.0. The van der Waals surface area contributed by atoms with Gasteiger partial charge in [0, 0.05) is 12.8 Å². The molecule has 0 aliphatic rings. The first kappa shape index (κ1) is 46.6. The second-order valence-corrected chi connectivity index (χ2v) is 12.3. The van der Waals surface area contributed by atoms with Gasteiger partial charge in [-0.2, -0.15) is 0 Å². The minimum atomic E-state index is -0.837. The molecule has 0 unspecified atom stereocenters. The van der Waals surface area contributed by atoms with E-state index in [-0.39, 0.29) is 32.0 Å². The Bertz CT molecular complexity index is 1050. The highest BCUT2D eigenvalue weighted by molar-refractivity contribution is 5.70. The molecule has 0 saturated heterocycles. The maximum absolute atomic E-state index is 12.1. The van der Waals surface area contributed by atoms with E-state index in [0.29, 0.717) is 12.8 Å². The van der Waals surface area contributed by atoms with Crippen LogP contribution >= 0.6 is 0 Å². The lowest BCUT2D eigenvalue weighted by atomic mass is 10.2. The molecule has 0 saturated carbocycles. The highest BCUT2D eigenvalue weighted by Crippen LogP contribution is 2.06. The molecule has 0 aromatic carbocycles. The van der Waals surface area contributed by atoms with E-state index in [0.717, 1.165) is 51.4 Å². The van der Waals surface area contributed by atoms with Crippen LogP contribution in [0.1, 0.15) is 142 Å².